The SMILES string of the molecule is CC1(C)OC[C@@H]([C@@H](CO)CNC(=O)O)O1. The topological polar surface area (TPSA) is 88.0 Å². The summed E-state index contributed by atoms with van der Waals surface area (Å²) in [6.07, 6.45) is -1.37. The van der Waals surface area contributed by atoms with E-state index < -0.39 is 11.9 Å². The quantitative estimate of drug-likeness (QED) is 0.620. The Balaban J connectivity index is 2.42. The van der Waals surface area contributed by atoms with Crippen molar-refractivity contribution in [3.05, 3.63) is 0 Å². The van der Waals surface area contributed by atoms with Crippen LogP contribution in [0.4, 0.5) is 4.79 Å². The van der Waals surface area contributed by atoms with Crippen LogP contribution in [0.25, 0.3) is 0 Å². The van der Waals surface area contributed by atoms with Crippen molar-refractivity contribution in [1.29, 1.82) is 0 Å². The molecule has 1 amide bonds. The third-order valence-electron chi connectivity index (χ3n) is 2.31. The number of hydrogen-bond acceptors (Lipinski definition) is 4. The number of aliphatic hydroxyl groups excluding tert-OH is 1. The number of carboxylic acid groups (broad SMARTS) is 1. The summed E-state index contributed by atoms with van der Waals surface area (Å²) in [7, 11) is 0. The van der Waals surface area contributed by atoms with E-state index in [2.05, 4.69) is 5.32 Å². The number of ether oxygens (including phenoxy) is 2. The molecule has 0 spiro atoms. The molecule has 88 valence electrons. The molecule has 1 fully saturated rings. The highest BCUT2D eigenvalue weighted by molar-refractivity contribution is 5.64. The largest absolute Gasteiger partial charge is 0.465 e. The fourth-order valence-electron chi connectivity index (χ4n) is 1.48. The molecule has 0 aromatic heterocycles. The number of amides is 1. The lowest BCUT2D eigenvalue weighted by Gasteiger charge is -2.22. The van der Waals surface area contributed by atoms with Crippen LogP contribution >= 0.6 is 0 Å². The molecule has 0 aliphatic carbocycles. The minimum atomic E-state index is -1.10. The van der Waals surface area contributed by atoms with E-state index in [1.807, 2.05) is 0 Å². The minimum absolute atomic E-state index is 0.135. The second kappa shape index (κ2) is 4.78. The van der Waals surface area contributed by atoms with Gasteiger partial charge in [0.1, 0.15) is 0 Å². The molecule has 0 aromatic rings. The summed E-state index contributed by atoms with van der Waals surface area (Å²) >= 11 is 0. The molecule has 0 radical (unpaired) electrons. The van der Waals surface area contributed by atoms with Crippen molar-refractivity contribution in [2.75, 3.05) is 19.8 Å². The minimum Gasteiger partial charge on any atom is -0.465 e. The van der Waals surface area contributed by atoms with Gasteiger partial charge in [-0.05, 0) is 13.8 Å². The molecular weight excluding hydrogens is 202 g/mol. The molecule has 6 nitrogen and oxygen atoms in total. The first-order chi connectivity index (χ1) is 6.94. The van der Waals surface area contributed by atoms with Crippen molar-refractivity contribution < 1.29 is 24.5 Å². The number of carbonyl (C=O) groups is 1. The molecule has 2 atom stereocenters. The standard InChI is InChI=1S/C9H17NO5/c1-9(2)14-5-7(15-9)6(4-11)3-10-8(12)13/h6-7,10-11H,3-5H2,1-2H3,(H,12,13)/t6-,7+/m1/s1. The van der Waals surface area contributed by atoms with Crippen LogP contribution in [-0.2, 0) is 9.47 Å². The summed E-state index contributed by atoms with van der Waals surface area (Å²) in [5.74, 6) is -0.927. The van der Waals surface area contributed by atoms with Crippen LogP contribution in [0.3, 0.4) is 0 Å². The van der Waals surface area contributed by atoms with Crippen LogP contribution in [0.2, 0.25) is 0 Å². The van der Waals surface area contributed by atoms with E-state index in [0.29, 0.717) is 6.61 Å². The van der Waals surface area contributed by atoms with Crippen molar-refractivity contribution in [1.82, 2.24) is 5.32 Å². The van der Waals surface area contributed by atoms with Gasteiger partial charge in [0.2, 0.25) is 0 Å². The van der Waals surface area contributed by atoms with Gasteiger partial charge in [-0.3, -0.25) is 0 Å². The number of nitrogens with one attached hydrogen (secondary N) is 1. The first-order valence-corrected chi connectivity index (χ1v) is 4.84. The predicted molar refractivity (Wildman–Crippen MR) is 51.5 cm³/mol. The Hall–Kier alpha value is -0.850. The summed E-state index contributed by atoms with van der Waals surface area (Å²) in [6, 6.07) is 0. The molecule has 6 heteroatoms. The van der Waals surface area contributed by atoms with Crippen molar-refractivity contribution in [3.63, 3.8) is 0 Å². The van der Waals surface area contributed by atoms with E-state index in [1.54, 1.807) is 13.8 Å². The summed E-state index contributed by atoms with van der Waals surface area (Å²) in [5, 5.41) is 19.8. The first kappa shape index (κ1) is 12.2. The highest BCUT2D eigenvalue weighted by atomic mass is 16.7. The van der Waals surface area contributed by atoms with Gasteiger partial charge < -0.3 is 25.0 Å². The van der Waals surface area contributed by atoms with E-state index >= 15 is 0 Å². The second-order valence-electron chi connectivity index (χ2n) is 4.00. The normalized spacial score (nSPS) is 26.2. The van der Waals surface area contributed by atoms with Gasteiger partial charge in [0.25, 0.3) is 0 Å². The number of hydrogen-bond donors (Lipinski definition) is 3. The Morgan fingerprint density at radius 1 is 1.67 bits per heavy atom. The van der Waals surface area contributed by atoms with Crippen LogP contribution in [-0.4, -0.2) is 48.0 Å². The maximum atomic E-state index is 10.3. The number of rotatable bonds is 4. The maximum Gasteiger partial charge on any atom is 0.404 e. The zero-order valence-electron chi connectivity index (χ0n) is 8.90. The lowest BCUT2D eigenvalue weighted by atomic mass is 10.0. The van der Waals surface area contributed by atoms with Crippen LogP contribution in [0, 0.1) is 5.92 Å². The van der Waals surface area contributed by atoms with Gasteiger partial charge in [0.15, 0.2) is 5.79 Å². The Labute approximate surface area is 88.2 Å². The van der Waals surface area contributed by atoms with Crippen LogP contribution in [0.5, 0.6) is 0 Å². The molecule has 1 aliphatic heterocycles. The van der Waals surface area contributed by atoms with Gasteiger partial charge in [0, 0.05) is 12.5 Å². The van der Waals surface area contributed by atoms with E-state index in [1.165, 1.54) is 0 Å². The van der Waals surface area contributed by atoms with Crippen LogP contribution in [0.15, 0.2) is 0 Å². The van der Waals surface area contributed by atoms with Gasteiger partial charge in [-0.25, -0.2) is 4.79 Å². The van der Waals surface area contributed by atoms with Gasteiger partial charge >= 0.3 is 6.09 Å². The van der Waals surface area contributed by atoms with Gasteiger partial charge in [-0.1, -0.05) is 0 Å². The zero-order valence-corrected chi connectivity index (χ0v) is 8.90. The molecule has 15 heavy (non-hydrogen) atoms. The lowest BCUT2D eigenvalue weighted by molar-refractivity contribution is -0.145. The molecule has 1 saturated heterocycles. The van der Waals surface area contributed by atoms with E-state index in [-0.39, 0.29) is 25.2 Å². The third kappa shape index (κ3) is 3.65. The molecular formula is C9H17NO5. The van der Waals surface area contributed by atoms with Gasteiger partial charge in [-0.2, -0.15) is 0 Å². The Bertz CT molecular complexity index is 231. The summed E-state index contributed by atoms with van der Waals surface area (Å²) in [4.78, 5) is 10.3. The van der Waals surface area contributed by atoms with Crippen LogP contribution in [0.1, 0.15) is 13.8 Å². The predicted octanol–water partition coefficient (Wildman–Crippen LogP) is 0.0140. The van der Waals surface area contributed by atoms with E-state index in [0.717, 1.165) is 0 Å². The molecule has 0 aromatic carbocycles. The molecule has 0 bridgehead atoms. The van der Waals surface area contributed by atoms with Crippen molar-refractivity contribution >= 4 is 6.09 Å². The highest BCUT2D eigenvalue weighted by Gasteiger charge is 2.37. The van der Waals surface area contributed by atoms with Crippen molar-refractivity contribution in [2.45, 2.75) is 25.7 Å². The molecule has 0 saturated carbocycles. The first-order valence-electron chi connectivity index (χ1n) is 4.84. The smallest absolute Gasteiger partial charge is 0.404 e. The average Bonchev–Trinajstić information content (AvgIpc) is 2.47. The van der Waals surface area contributed by atoms with E-state index in [9.17, 15) is 4.79 Å². The zero-order chi connectivity index (χ0) is 11.5. The average molecular weight is 219 g/mol. The van der Waals surface area contributed by atoms with E-state index in [4.69, 9.17) is 19.7 Å². The summed E-state index contributed by atoms with van der Waals surface area (Å²) < 4.78 is 10.9. The van der Waals surface area contributed by atoms with Gasteiger partial charge in [0.05, 0.1) is 19.3 Å². The summed E-state index contributed by atoms with van der Waals surface area (Å²) in [6.45, 7) is 3.97. The molecule has 0 unspecified atom stereocenters. The Morgan fingerprint density at radius 2 is 2.33 bits per heavy atom. The summed E-state index contributed by atoms with van der Waals surface area (Å²) in [5.41, 5.74) is 0. The molecule has 1 heterocycles. The van der Waals surface area contributed by atoms with Gasteiger partial charge in [-0.15, -0.1) is 0 Å². The maximum absolute atomic E-state index is 10.3. The fraction of sp³-hybridized carbons (Fsp3) is 0.889. The Morgan fingerprint density at radius 3 is 2.73 bits per heavy atom. The van der Waals surface area contributed by atoms with Crippen LogP contribution < -0.4 is 5.32 Å². The molecule has 3 N–H and O–H groups in total. The molecule has 1 rings (SSSR count). The highest BCUT2D eigenvalue weighted by Crippen LogP contribution is 2.26. The third-order valence-corrected chi connectivity index (χ3v) is 2.31. The lowest BCUT2D eigenvalue weighted by Crippen LogP contribution is -2.38. The Kier molecular flexibility index (Phi) is 3.90. The van der Waals surface area contributed by atoms with Crippen molar-refractivity contribution in [3.8, 4) is 0 Å². The number of aliphatic hydroxyl groups is 1. The van der Waals surface area contributed by atoms with Crippen molar-refractivity contribution in [2.24, 2.45) is 5.92 Å². The molecule has 1 aliphatic rings. The monoisotopic (exact) mass is 219 g/mol. The fourth-order valence-corrected chi connectivity index (χ4v) is 1.48. The second-order valence-corrected chi connectivity index (χ2v) is 4.00.